The Kier molecular flexibility index (Phi) is 7.46. The lowest BCUT2D eigenvalue weighted by Crippen LogP contribution is -2.44. The summed E-state index contributed by atoms with van der Waals surface area (Å²) in [5.41, 5.74) is 3.04. The number of pyridine rings is 1. The summed E-state index contributed by atoms with van der Waals surface area (Å²) in [6, 6.07) is 11.5. The van der Waals surface area contributed by atoms with Crippen molar-refractivity contribution in [3.63, 3.8) is 0 Å². The topological polar surface area (TPSA) is 78.6 Å². The maximum Gasteiger partial charge on any atom is 0.314 e. The van der Waals surface area contributed by atoms with Crippen LogP contribution in [0.2, 0.25) is 0 Å². The average Bonchev–Trinajstić information content (AvgIpc) is 3.36. The molecule has 1 aromatic carbocycles. The van der Waals surface area contributed by atoms with Crippen molar-refractivity contribution >= 4 is 17.8 Å². The van der Waals surface area contributed by atoms with Crippen molar-refractivity contribution in [1.82, 2.24) is 20.1 Å². The number of rotatable bonds is 9. The second-order valence-corrected chi connectivity index (χ2v) is 8.31. The number of aromatic nitrogens is 3. The number of likely N-dealkylation sites (tertiary alicyclic amines) is 1. The maximum atomic E-state index is 12.7. The molecule has 0 radical (unpaired) electrons. The Hall–Kier alpha value is -3.40. The summed E-state index contributed by atoms with van der Waals surface area (Å²) in [7, 11) is 1.95. The van der Waals surface area contributed by atoms with Crippen LogP contribution in [0.15, 0.2) is 47.0 Å². The molecular formula is C24H28F2N6O2. The SMILES string of the molecule is CCN1CCC(N(C=O)c2ccccc2N(C)Cc2ccc(-c3nnc(C(F)F)o3)cn2)CC1. The van der Waals surface area contributed by atoms with Gasteiger partial charge in [0.2, 0.25) is 12.3 Å². The number of piperidine rings is 1. The number of hydrogen-bond acceptors (Lipinski definition) is 7. The molecule has 0 atom stereocenters. The Labute approximate surface area is 197 Å². The highest BCUT2D eigenvalue weighted by molar-refractivity contribution is 5.84. The molecule has 1 fully saturated rings. The fourth-order valence-corrected chi connectivity index (χ4v) is 4.27. The van der Waals surface area contributed by atoms with Gasteiger partial charge in [-0.3, -0.25) is 9.78 Å². The molecule has 3 heterocycles. The van der Waals surface area contributed by atoms with Crippen molar-refractivity contribution in [2.45, 2.75) is 38.8 Å². The number of hydrogen-bond donors (Lipinski definition) is 0. The number of alkyl halides is 2. The summed E-state index contributed by atoms with van der Waals surface area (Å²) in [6.45, 7) is 5.64. The lowest BCUT2D eigenvalue weighted by Gasteiger charge is -2.37. The maximum absolute atomic E-state index is 12.7. The van der Waals surface area contributed by atoms with E-state index in [2.05, 4.69) is 27.0 Å². The summed E-state index contributed by atoms with van der Waals surface area (Å²) in [5, 5.41) is 7.00. The molecule has 10 heteroatoms. The van der Waals surface area contributed by atoms with Crippen molar-refractivity contribution in [3.05, 3.63) is 54.2 Å². The molecule has 0 bridgehead atoms. The smallest absolute Gasteiger partial charge is 0.314 e. The zero-order valence-corrected chi connectivity index (χ0v) is 19.3. The second-order valence-electron chi connectivity index (χ2n) is 8.31. The molecule has 3 aromatic rings. The van der Waals surface area contributed by atoms with Crippen LogP contribution < -0.4 is 9.80 Å². The number of para-hydroxylation sites is 2. The minimum absolute atomic E-state index is 0.00351. The third-order valence-corrected chi connectivity index (χ3v) is 6.18. The number of anilines is 2. The van der Waals surface area contributed by atoms with Gasteiger partial charge in [-0.2, -0.15) is 8.78 Å². The minimum Gasteiger partial charge on any atom is -0.415 e. The van der Waals surface area contributed by atoms with Crippen LogP contribution in [0.3, 0.4) is 0 Å². The van der Waals surface area contributed by atoms with Gasteiger partial charge in [0, 0.05) is 32.4 Å². The van der Waals surface area contributed by atoms with Gasteiger partial charge in [0.05, 0.1) is 29.2 Å². The first-order valence-electron chi connectivity index (χ1n) is 11.3. The summed E-state index contributed by atoms with van der Waals surface area (Å²) < 4.78 is 30.4. The van der Waals surface area contributed by atoms with E-state index in [1.54, 1.807) is 12.1 Å². The molecule has 8 nitrogen and oxygen atoms in total. The van der Waals surface area contributed by atoms with E-state index in [0.29, 0.717) is 12.1 Å². The van der Waals surface area contributed by atoms with Gasteiger partial charge in [-0.25, -0.2) is 0 Å². The molecule has 1 aliphatic heterocycles. The monoisotopic (exact) mass is 470 g/mol. The average molecular weight is 471 g/mol. The van der Waals surface area contributed by atoms with Gasteiger partial charge in [0.25, 0.3) is 5.89 Å². The molecule has 0 unspecified atom stereocenters. The van der Waals surface area contributed by atoms with E-state index in [1.165, 1.54) is 6.20 Å². The fourth-order valence-electron chi connectivity index (χ4n) is 4.27. The van der Waals surface area contributed by atoms with E-state index < -0.39 is 12.3 Å². The molecule has 0 aliphatic carbocycles. The van der Waals surface area contributed by atoms with Gasteiger partial charge < -0.3 is 19.1 Å². The van der Waals surface area contributed by atoms with E-state index in [-0.39, 0.29) is 11.9 Å². The van der Waals surface area contributed by atoms with Crippen molar-refractivity contribution in [1.29, 1.82) is 0 Å². The highest BCUT2D eigenvalue weighted by Gasteiger charge is 2.26. The Morgan fingerprint density at radius 3 is 2.47 bits per heavy atom. The molecule has 1 saturated heterocycles. The lowest BCUT2D eigenvalue weighted by molar-refractivity contribution is -0.108. The Balaban J connectivity index is 1.48. The summed E-state index contributed by atoms with van der Waals surface area (Å²) in [5.74, 6) is -0.709. The summed E-state index contributed by atoms with van der Waals surface area (Å²) in [4.78, 5) is 22.8. The number of amides is 1. The van der Waals surface area contributed by atoms with E-state index in [0.717, 1.165) is 56.0 Å². The minimum atomic E-state index is -2.81. The quantitative estimate of drug-likeness (QED) is 0.435. The Morgan fingerprint density at radius 1 is 1.15 bits per heavy atom. The van der Waals surface area contributed by atoms with Crippen molar-refractivity contribution in [2.24, 2.45) is 0 Å². The van der Waals surface area contributed by atoms with Crippen LogP contribution in [-0.2, 0) is 11.3 Å². The van der Waals surface area contributed by atoms with Gasteiger partial charge in [-0.15, -0.1) is 10.2 Å². The first-order chi connectivity index (χ1) is 16.5. The molecule has 34 heavy (non-hydrogen) atoms. The van der Waals surface area contributed by atoms with Crippen molar-refractivity contribution < 1.29 is 18.0 Å². The van der Waals surface area contributed by atoms with Crippen LogP contribution in [0, 0.1) is 0 Å². The summed E-state index contributed by atoms with van der Waals surface area (Å²) >= 11 is 0. The molecule has 0 saturated carbocycles. The zero-order chi connectivity index (χ0) is 24.1. The second kappa shape index (κ2) is 10.7. The fraction of sp³-hybridized carbons (Fsp3) is 0.417. The number of carbonyl (C=O) groups is 1. The predicted octanol–water partition coefficient (Wildman–Crippen LogP) is 4.15. The van der Waals surface area contributed by atoms with Crippen LogP contribution in [0.1, 0.15) is 37.8 Å². The Morgan fingerprint density at radius 2 is 1.88 bits per heavy atom. The van der Waals surface area contributed by atoms with Gasteiger partial charge in [-0.1, -0.05) is 19.1 Å². The highest BCUT2D eigenvalue weighted by atomic mass is 19.3. The number of carbonyl (C=O) groups excluding carboxylic acids is 1. The number of benzene rings is 1. The van der Waals surface area contributed by atoms with Crippen LogP contribution in [0.25, 0.3) is 11.5 Å². The van der Waals surface area contributed by atoms with Gasteiger partial charge >= 0.3 is 6.43 Å². The molecule has 2 aromatic heterocycles. The molecule has 4 rings (SSSR count). The summed E-state index contributed by atoms with van der Waals surface area (Å²) in [6.07, 6.45) is 1.53. The lowest BCUT2D eigenvalue weighted by atomic mass is 10.0. The van der Waals surface area contributed by atoms with E-state index in [1.807, 2.05) is 41.1 Å². The van der Waals surface area contributed by atoms with Gasteiger partial charge in [0.15, 0.2) is 0 Å². The highest BCUT2D eigenvalue weighted by Crippen LogP contribution is 2.32. The third kappa shape index (κ3) is 5.22. The first kappa shape index (κ1) is 23.7. The normalized spacial score (nSPS) is 15.0. The van der Waals surface area contributed by atoms with Gasteiger partial charge in [-0.05, 0) is 43.7 Å². The van der Waals surface area contributed by atoms with Crippen molar-refractivity contribution in [3.8, 4) is 11.5 Å². The predicted molar refractivity (Wildman–Crippen MR) is 125 cm³/mol. The van der Waals surface area contributed by atoms with Gasteiger partial charge in [0.1, 0.15) is 0 Å². The van der Waals surface area contributed by atoms with E-state index >= 15 is 0 Å². The first-order valence-corrected chi connectivity index (χ1v) is 11.3. The molecule has 0 spiro atoms. The van der Waals surface area contributed by atoms with Crippen LogP contribution in [0.4, 0.5) is 20.2 Å². The van der Waals surface area contributed by atoms with Crippen molar-refractivity contribution in [2.75, 3.05) is 36.5 Å². The largest absolute Gasteiger partial charge is 0.415 e. The molecule has 1 aliphatic rings. The van der Waals surface area contributed by atoms with Crippen LogP contribution in [-0.4, -0.2) is 59.2 Å². The van der Waals surface area contributed by atoms with Crippen LogP contribution >= 0.6 is 0 Å². The molecule has 0 N–H and O–H groups in total. The molecule has 1 amide bonds. The van der Waals surface area contributed by atoms with E-state index in [4.69, 9.17) is 4.42 Å². The van der Waals surface area contributed by atoms with E-state index in [9.17, 15) is 13.6 Å². The molecular weight excluding hydrogens is 442 g/mol. The van der Waals surface area contributed by atoms with Crippen LogP contribution in [0.5, 0.6) is 0 Å². The third-order valence-electron chi connectivity index (χ3n) is 6.18. The standard InChI is InChI=1S/C24H28F2N6O2/c1-3-31-12-10-19(11-13-31)32(16-33)21-7-5-4-6-20(21)30(2)15-18-9-8-17(14-27-18)23-28-29-24(34-23)22(25)26/h4-9,14,16,19,22H,3,10-13,15H2,1-2H3. The molecule has 180 valence electrons. The number of halogens is 2. The number of nitrogens with zero attached hydrogens (tertiary/aromatic N) is 6. The Bertz CT molecular complexity index is 1080. The zero-order valence-electron chi connectivity index (χ0n) is 19.3.